The third kappa shape index (κ3) is 1.91. The van der Waals surface area contributed by atoms with E-state index in [1.54, 1.807) is 4.90 Å². The first kappa shape index (κ1) is 9.93. The van der Waals surface area contributed by atoms with Crippen LogP contribution in [0.1, 0.15) is 19.3 Å². The van der Waals surface area contributed by atoms with Crippen molar-refractivity contribution in [1.82, 2.24) is 10.2 Å². The number of aliphatic hydroxyl groups is 1. The summed E-state index contributed by atoms with van der Waals surface area (Å²) in [6.45, 7) is 1.74. The van der Waals surface area contributed by atoms with Crippen LogP contribution in [-0.4, -0.2) is 48.2 Å². The van der Waals surface area contributed by atoms with E-state index in [1.807, 2.05) is 7.05 Å². The van der Waals surface area contributed by atoms with Gasteiger partial charge in [-0.2, -0.15) is 0 Å². The molecule has 1 heterocycles. The second-order valence-electron chi connectivity index (χ2n) is 4.50. The second kappa shape index (κ2) is 3.87. The molecule has 2 rings (SSSR count). The number of aliphatic hydroxyl groups excluding tert-OH is 1. The third-order valence-electron chi connectivity index (χ3n) is 3.29. The molecular weight excluding hydrogens is 180 g/mol. The highest BCUT2D eigenvalue weighted by molar-refractivity contribution is 5.83. The number of carbonyl (C=O) groups excluding carboxylic acids is 1. The smallest absolute Gasteiger partial charge is 0.239 e. The van der Waals surface area contributed by atoms with Gasteiger partial charge in [0, 0.05) is 13.6 Å². The number of rotatable bonds is 3. The molecular formula is C10H18N2O2. The number of nitrogens with zero attached hydrogens (tertiary/aromatic N) is 1. The number of hydrogen-bond acceptors (Lipinski definition) is 3. The lowest BCUT2D eigenvalue weighted by atomic mass is 9.82. The van der Waals surface area contributed by atoms with E-state index in [-0.39, 0.29) is 18.1 Å². The Morgan fingerprint density at radius 3 is 2.79 bits per heavy atom. The first-order valence-corrected chi connectivity index (χ1v) is 5.33. The van der Waals surface area contributed by atoms with Gasteiger partial charge in [-0.05, 0) is 31.7 Å². The van der Waals surface area contributed by atoms with Gasteiger partial charge in [0.25, 0.3) is 0 Å². The van der Waals surface area contributed by atoms with Crippen molar-refractivity contribution in [3.8, 4) is 0 Å². The summed E-state index contributed by atoms with van der Waals surface area (Å²) in [5, 5.41) is 12.4. The number of likely N-dealkylation sites (N-methyl/N-ethyl adjacent to an activating group) is 1. The van der Waals surface area contributed by atoms with Crippen LogP contribution in [0, 0.1) is 5.92 Å². The lowest BCUT2D eigenvalue weighted by Crippen LogP contribution is -2.43. The summed E-state index contributed by atoms with van der Waals surface area (Å²) in [5.41, 5.74) is 0. The summed E-state index contributed by atoms with van der Waals surface area (Å²) in [7, 11) is 1.84. The maximum Gasteiger partial charge on any atom is 0.239 e. The maximum absolute atomic E-state index is 11.5. The normalized spacial score (nSPS) is 37.4. The van der Waals surface area contributed by atoms with Crippen molar-refractivity contribution >= 4 is 5.91 Å². The average molecular weight is 198 g/mol. The zero-order valence-corrected chi connectivity index (χ0v) is 8.57. The molecule has 4 nitrogen and oxygen atoms in total. The fourth-order valence-electron chi connectivity index (χ4n) is 2.19. The minimum absolute atomic E-state index is 0.0257. The van der Waals surface area contributed by atoms with E-state index in [0.29, 0.717) is 5.92 Å². The Balaban J connectivity index is 1.69. The molecule has 0 spiro atoms. The SMILES string of the molecule is CN1CCC(NCC2CC(O)C2)C1=O. The van der Waals surface area contributed by atoms with Gasteiger partial charge in [0.2, 0.25) is 5.91 Å². The molecule has 1 unspecified atom stereocenters. The van der Waals surface area contributed by atoms with Gasteiger partial charge in [0.1, 0.15) is 0 Å². The first-order chi connectivity index (χ1) is 6.66. The van der Waals surface area contributed by atoms with Crippen molar-refractivity contribution in [2.75, 3.05) is 20.1 Å². The Morgan fingerprint density at radius 1 is 1.57 bits per heavy atom. The number of amides is 1. The van der Waals surface area contributed by atoms with E-state index < -0.39 is 0 Å². The van der Waals surface area contributed by atoms with E-state index >= 15 is 0 Å². The Kier molecular flexibility index (Phi) is 2.74. The van der Waals surface area contributed by atoms with Crippen LogP contribution in [0.4, 0.5) is 0 Å². The molecule has 1 aliphatic carbocycles. The second-order valence-corrected chi connectivity index (χ2v) is 4.50. The largest absolute Gasteiger partial charge is 0.393 e. The zero-order valence-electron chi connectivity index (χ0n) is 8.57. The van der Waals surface area contributed by atoms with Crippen LogP contribution >= 0.6 is 0 Å². The Morgan fingerprint density at radius 2 is 2.29 bits per heavy atom. The van der Waals surface area contributed by atoms with E-state index in [0.717, 1.165) is 32.4 Å². The standard InChI is InChI=1S/C10H18N2O2/c1-12-3-2-9(10(12)14)11-6-7-4-8(13)5-7/h7-9,11,13H,2-6H2,1H3. The van der Waals surface area contributed by atoms with Gasteiger partial charge in [-0.1, -0.05) is 0 Å². The molecule has 0 aromatic heterocycles. The van der Waals surface area contributed by atoms with Crippen molar-refractivity contribution in [1.29, 1.82) is 0 Å². The highest BCUT2D eigenvalue weighted by atomic mass is 16.3. The van der Waals surface area contributed by atoms with Gasteiger partial charge in [-0.25, -0.2) is 0 Å². The molecule has 1 saturated carbocycles. The maximum atomic E-state index is 11.5. The molecule has 80 valence electrons. The molecule has 0 bridgehead atoms. The molecule has 14 heavy (non-hydrogen) atoms. The van der Waals surface area contributed by atoms with Crippen molar-refractivity contribution in [3.63, 3.8) is 0 Å². The molecule has 2 aliphatic rings. The zero-order chi connectivity index (χ0) is 10.1. The van der Waals surface area contributed by atoms with Crippen LogP contribution in [0.2, 0.25) is 0 Å². The first-order valence-electron chi connectivity index (χ1n) is 5.33. The van der Waals surface area contributed by atoms with Crippen LogP contribution in [0.15, 0.2) is 0 Å². The van der Waals surface area contributed by atoms with Gasteiger partial charge in [-0.3, -0.25) is 4.79 Å². The van der Waals surface area contributed by atoms with Crippen molar-refractivity contribution in [2.45, 2.75) is 31.4 Å². The summed E-state index contributed by atoms with van der Waals surface area (Å²) in [5.74, 6) is 0.786. The van der Waals surface area contributed by atoms with Crippen LogP contribution in [0.3, 0.4) is 0 Å². The number of carbonyl (C=O) groups is 1. The summed E-state index contributed by atoms with van der Waals surface area (Å²) in [6.07, 6.45) is 2.61. The van der Waals surface area contributed by atoms with E-state index in [4.69, 9.17) is 5.11 Å². The minimum Gasteiger partial charge on any atom is -0.393 e. The summed E-state index contributed by atoms with van der Waals surface area (Å²) < 4.78 is 0. The van der Waals surface area contributed by atoms with Crippen molar-refractivity contribution < 1.29 is 9.90 Å². The summed E-state index contributed by atoms with van der Waals surface area (Å²) >= 11 is 0. The Labute approximate surface area is 84.3 Å². The highest BCUT2D eigenvalue weighted by Gasteiger charge is 2.31. The highest BCUT2D eigenvalue weighted by Crippen LogP contribution is 2.26. The molecule has 2 N–H and O–H groups in total. The third-order valence-corrected chi connectivity index (χ3v) is 3.29. The minimum atomic E-state index is -0.0937. The summed E-state index contributed by atoms with van der Waals surface area (Å²) in [4.78, 5) is 13.3. The van der Waals surface area contributed by atoms with Gasteiger partial charge in [0.05, 0.1) is 12.1 Å². The van der Waals surface area contributed by atoms with Gasteiger partial charge in [-0.15, -0.1) is 0 Å². The summed E-state index contributed by atoms with van der Waals surface area (Å²) in [6, 6.07) is 0.0257. The number of hydrogen-bond donors (Lipinski definition) is 2. The van der Waals surface area contributed by atoms with Gasteiger partial charge < -0.3 is 15.3 Å². The lowest BCUT2D eigenvalue weighted by Gasteiger charge is -2.32. The molecule has 0 aromatic rings. The Hall–Kier alpha value is -0.610. The van der Waals surface area contributed by atoms with Gasteiger partial charge >= 0.3 is 0 Å². The van der Waals surface area contributed by atoms with Gasteiger partial charge in [0.15, 0.2) is 0 Å². The van der Waals surface area contributed by atoms with E-state index in [1.165, 1.54) is 0 Å². The Bertz CT molecular complexity index is 226. The number of likely N-dealkylation sites (tertiary alicyclic amines) is 1. The molecule has 1 aliphatic heterocycles. The topological polar surface area (TPSA) is 52.6 Å². The monoisotopic (exact) mass is 198 g/mol. The fraction of sp³-hybridized carbons (Fsp3) is 0.900. The number of nitrogens with one attached hydrogen (secondary N) is 1. The molecule has 4 heteroatoms. The lowest BCUT2D eigenvalue weighted by molar-refractivity contribution is -0.128. The molecule has 0 aromatic carbocycles. The van der Waals surface area contributed by atoms with Crippen LogP contribution in [-0.2, 0) is 4.79 Å². The van der Waals surface area contributed by atoms with Crippen molar-refractivity contribution in [3.05, 3.63) is 0 Å². The fourth-order valence-corrected chi connectivity index (χ4v) is 2.19. The molecule has 1 amide bonds. The molecule has 2 fully saturated rings. The predicted molar refractivity (Wildman–Crippen MR) is 52.8 cm³/mol. The average Bonchev–Trinajstić information content (AvgIpc) is 2.41. The van der Waals surface area contributed by atoms with Crippen LogP contribution in [0.25, 0.3) is 0 Å². The van der Waals surface area contributed by atoms with E-state index in [9.17, 15) is 4.79 Å². The molecule has 1 atom stereocenters. The van der Waals surface area contributed by atoms with Crippen molar-refractivity contribution in [2.24, 2.45) is 5.92 Å². The molecule has 0 radical (unpaired) electrons. The van der Waals surface area contributed by atoms with Crippen LogP contribution < -0.4 is 5.32 Å². The van der Waals surface area contributed by atoms with Crippen LogP contribution in [0.5, 0.6) is 0 Å². The quantitative estimate of drug-likeness (QED) is 0.647. The predicted octanol–water partition coefficient (Wildman–Crippen LogP) is -0.422. The molecule has 1 saturated heterocycles. The van der Waals surface area contributed by atoms with E-state index in [2.05, 4.69) is 5.32 Å².